The predicted octanol–water partition coefficient (Wildman–Crippen LogP) is 4.71. The quantitative estimate of drug-likeness (QED) is 0.785. The lowest BCUT2D eigenvalue weighted by molar-refractivity contribution is 0.304. The Balaban J connectivity index is 2.08. The topological polar surface area (TPSA) is 9.23 Å². The molecule has 2 rings (SSSR count). The van der Waals surface area contributed by atoms with Crippen LogP contribution < -0.4 is 4.74 Å². The zero-order valence-corrected chi connectivity index (χ0v) is 10.3. The van der Waals surface area contributed by atoms with E-state index in [0.717, 1.165) is 5.56 Å². The maximum atomic E-state index is 13.1. The molecule has 0 N–H and O–H groups in total. The van der Waals surface area contributed by atoms with Crippen LogP contribution in [0.5, 0.6) is 5.75 Å². The highest BCUT2D eigenvalue weighted by atomic mass is 35.5. The fourth-order valence-corrected chi connectivity index (χ4v) is 1.65. The Labute approximate surface area is 109 Å². The molecule has 0 unspecified atom stereocenters. The first-order chi connectivity index (χ1) is 8.16. The Morgan fingerprint density at radius 3 is 2.47 bits per heavy atom. The van der Waals surface area contributed by atoms with E-state index in [1.807, 2.05) is 18.2 Å². The van der Waals surface area contributed by atoms with E-state index < -0.39 is 5.82 Å². The molecule has 0 bridgehead atoms. The fraction of sp³-hybridized carbons (Fsp3) is 0.0769. The predicted molar refractivity (Wildman–Crippen MR) is 67.2 cm³/mol. The van der Waals surface area contributed by atoms with Gasteiger partial charge in [-0.15, -0.1) is 0 Å². The van der Waals surface area contributed by atoms with Crippen molar-refractivity contribution in [3.05, 3.63) is 63.9 Å². The van der Waals surface area contributed by atoms with Gasteiger partial charge in [0, 0.05) is 16.7 Å². The van der Waals surface area contributed by atoms with Gasteiger partial charge in [0.05, 0.1) is 5.02 Å². The summed E-state index contributed by atoms with van der Waals surface area (Å²) in [5, 5.41) is 0.706. The number of hydrogen-bond donors (Lipinski definition) is 0. The average Bonchev–Trinajstić information content (AvgIpc) is 2.32. The van der Waals surface area contributed by atoms with Crippen molar-refractivity contribution < 1.29 is 9.13 Å². The van der Waals surface area contributed by atoms with Crippen LogP contribution in [0.15, 0.2) is 42.5 Å². The van der Waals surface area contributed by atoms with Gasteiger partial charge in [-0.25, -0.2) is 4.39 Å². The third-order valence-corrected chi connectivity index (χ3v) is 2.92. The summed E-state index contributed by atoms with van der Waals surface area (Å²) in [7, 11) is 0. The van der Waals surface area contributed by atoms with E-state index in [1.54, 1.807) is 12.1 Å². The maximum Gasteiger partial charge on any atom is 0.145 e. The molecule has 2 aromatic carbocycles. The Bertz CT molecular complexity index is 529. The minimum atomic E-state index is -0.497. The van der Waals surface area contributed by atoms with Gasteiger partial charge in [-0.2, -0.15) is 0 Å². The zero-order chi connectivity index (χ0) is 12.3. The van der Waals surface area contributed by atoms with Gasteiger partial charge in [0.2, 0.25) is 0 Å². The van der Waals surface area contributed by atoms with Crippen LogP contribution in [0.4, 0.5) is 4.39 Å². The first-order valence-corrected chi connectivity index (χ1v) is 5.73. The monoisotopic (exact) mass is 270 g/mol. The molecule has 2 aromatic rings. The van der Waals surface area contributed by atoms with Gasteiger partial charge >= 0.3 is 0 Å². The van der Waals surface area contributed by atoms with Crippen molar-refractivity contribution >= 4 is 23.2 Å². The minimum Gasteiger partial charge on any atom is -0.489 e. The van der Waals surface area contributed by atoms with Crippen molar-refractivity contribution in [1.29, 1.82) is 0 Å². The largest absolute Gasteiger partial charge is 0.489 e. The van der Waals surface area contributed by atoms with E-state index in [9.17, 15) is 4.39 Å². The molecule has 17 heavy (non-hydrogen) atoms. The third kappa shape index (κ3) is 3.11. The van der Waals surface area contributed by atoms with Crippen molar-refractivity contribution in [1.82, 2.24) is 0 Å². The van der Waals surface area contributed by atoms with E-state index in [1.165, 1.54) is 12.1 Å². The van der Waals surface area contributed by atoms with Crippen LogP contribution in [-0.4, -0.2) is 0 Å². The number of rotatable bonds is 3. The van der Waals surface area contributed by atoms with Crippen LogP contribution in [0.3, 0.4) is 0 Å². The lowest BCUT2D eigenvalue weighted by Crippen LogP contribution is -1.96. The standard InChI is InChI=1S/C13H9Cl2FO/c14-11-4-2-1-3-9(11)8-17-10-5-6-12(15)13(16)7-10/h1-7H,8H2. The molecular formula is C13H9Cl2FO. The second-order valence-corrected chi connectivity index (χ2v) is 4.27. The molecule has 0 heterocycles. The van der Waals surface area contributed by atoms with Gasteiger partial charge in [0.1, 0.15) is 18.2 Å². The third-order valence-electron chi connectivity index (χ3n) is 2.24. The van der Waals surface area contributed by atoms with Crippen LogP contribution >= 0.6 is 23.2 Å². The highest BCUT2D eigenvalue weighted by molar-refractivity contribution is 6.31. The highest BCUT2D eigenvalue weighted by Gasteiger charge is 2.03. The summed E-state index contributed by atoms with van der Waals surface area (Å²) in [6.45, 7) is 0.292. The molecule has 0 radical (unpaired) electrons. The summed E-state index contributed by atoms with van der Waals surface area (Å²) in [6.07, 6.45) is 0. The maximum absolute atomic E-state index is 13.1. The zero-order valence-electron chi connectivity index (χ0n) is 8.79. The van der Waals surface area contributed by atoms with Crippen molar-refractivity contribution in [3.8, 4) is 5.75 Å². The van der Waals surface area contributed by atoms with Crippen molar-refractivity contribution in [2.75, 3.05) is 0 Å². The Kier molecular flexibility index (Phi) is 3.87. The lowest BCUT2D eigenvalue weighted by Gasteiger charge is -2.08. The number of halogens is 3. The first-order valence-electron chi connectivity index (χ1n) is 4.98. The normalized spacial score (nSPS) is 10.3. The van der Waals surface area contributed by atoms with Crippen LogP contribution in [0.1, 0.15) is 5.56 Å². The number of benzene rings is 2. The molecule has 0 amide bonds. The van der Waals surface area contributed by atoms with E-state index in [4.69, 9.17) is 27.9 Å². The van der Waals surface area contributed by atoms with Gasteiger partial charge in [-0.1, -0.05) is 41.4 Å². The summed E-state index contributed by atoms with van der Waals surface area (Å²) in [5.74, 6) is -0.0739. The van der Waals surface area contributed by atoms with Crippen LogP contribution in [-0.2, 0) is 6.61 Å². The van der Waals surface area contributed by atoms with E-state index >= 15 is 0 Å². The van der Waals surface area contributed by atoms with Gasteiger partial charge in [0.15, 0.2) is 0 Å². The second kappa shape index (κ2) is 5.39. The smallest absolute Gasteiger partial charge is 0.145 e. The van der Waals surface area contributed by atoms with Crippen LogP contribution in [0.2, 0.25) is 10.0 Å². The molecule has 0 saturated heterocycles. The summed E-state index contributed by atoms with van der Waals surface area (Å²) >= 11 is 11.5. The number of hydrogen-bond acceptors (Lipinski definition) is 1. The highest BCUT2D eigenvalue weighted by Crippen LogP contribution is 2.22. The average molecular weight is 271 g/mol. The van der Waals surface area contributed by atoms with E-state index in [2.05, 4.69) is 0 Å². The lowest BCUT2D eigenvalue weighted by atomic mass is 10.2. The molecule has 0 aromatic heterocycles. The molecule has 0 aliphatic heterocycles. The van der Waals surface area contributed by atoms with Crippen molar-refractivity contribution in [2.24, 2.45) is 0 Å². The molecule has 0 atom stereocenters. The van der Waals surface area contributed by atoms with Gasteiger partial charge < -0.3 is 4.74 Å². The van der Waals surface area contributed by atoms with Crippen molar-refractivity contribution in [3.63, 3.8) is 0 Å². The molecule has 4 heteroatoms. The summed E-state index contributed by atoms with van der Waals surface area (Å²) < 4.78 is 18.6. The van der Waals surface area contributed by atoms with E-state index in [0.29, 0.717) is 17.4 Å². The minimum absolute atomic E-state index is 0.0788. The molecule has 0 fully saturated rings. The molecule has 88 valence electrons. The molecule has 0 spiro atoms. The first kappa shape index (κ1) is 12.2. The SMILES string of the molecule is Fc1cc(OCc2ccccc2Cl)ccc1Cl. The van der Waals surface area contributed by atoms with Crippen LogP contribution in [0.25, 0.3) is 0 Å². The summed E-state index contributed by atoms with van der Waals surface area (Å²) in [6, 6.07) is 11.7. The molecule has 0 saturated carbocycles. The molecule has 0 aliphatic rings. The Morgan fingerprint density at radius 2 is 1.76 bits per heavy atom. The van der Waals surface area contributed by atoms with Gasteiger partial charge in [-0.05, 0) is 18.2 Å². The molecular weight excluding hydrogens is 262 g/mol. The molecule has 1 nitrogen and oxygen atoms in total. The molecule has 0 aliphatic carbocycles. The Morgan fingerprint density at radius 1 is 1.00 bits per heavy atom. The fourth-order valence-electron chi connectivity index (χ4n) is 1.34. The van der Waals surface area contributed by atoms with Gasteiger partial charge in [0.25, 0.3) is 0 Å². The Hall–Kier alpha value is -1.25. The summed E-state index contributed by atoms with van der Waals surface area (Å²) in [5.41, 5.74) is 0.851. The number of ether oxygens (including phenoxy) is 1. The van der Waals surface area contributed by atoms with Crippen molar-refractivity contribution in [2.45, 2.75) is 6.61 Å². The van der Waals surface area contributed by atoms with Crippen LogP contribution in [0, 0.1) is 5.82 Å². The van der Waals surface area contributed by atoms with E-state index in [-0.39, 0.29) is 5.02 Å². The van der Waals surface area contributed by atoms with Gasteiger partial charge in [-0.3, -0.25) is 0 Å². The second-order valence-electron chi connectivity index (χ2n) is 3.46. The summed E-state index contributed by atoms with van der Waals surface area (Å²) in [4.78, 5) is 0.